The first-order chi connectivity index (χ1) is 12.5. The quantitative estimate of drug-likeness (QED) is 0.389. The minimum atomic E-state index is -0.473. The summed E-state index contributed by atoms with van der Waals surface area (Å²) in [5, 5.41) is 0. The van der Waals surface area contributed by atoms with E-state index < -0.39 is 11.2 Å². The molecule has 1 heterocycles. The lowest BCUT2D eigenvalue weighted by Gasteiger charge is -2.33. The van der Waals surface area contributed by atoms with E-state index in [1.165, 1.54) is 0 Å². The van der Waals surface area contributed by atoms with Gasteiger partial charge < -0.3 is 19.1 Å². The van der Waals surface area contributed by atoms with E-state index in [2.05, 4.69) is 5.48 Å². The summed E-state index contributed by atoms with van der Waals surface area (Å²) in [6, 6.07) is 0.199. The van der Waals surface area contributed by atoms with Crippen LogP contribution in [0.25, 0.3) is 0 Å². The van der Waals surface area contributed by atoms with Crippen molar-refractivity contribution in [1.82, 2.24) is 10.4 Å². The lowest BCUT2D eigenvalue weighted by molar-refractivity contribution is -0.156. The molecule has 0 radical (unpaired) electrons. The predicted octanol–water partition coefficient (Wildman–Crippen LogP) is 2.66. The number of carbonyl (C=O) groups excluding carboxylic acids is 2. The normalized spacial score (nSPS) is 16.3. The molecule has 1 aliphatic heterocycles. The number of likely N-dealkylation sites (tertiary alicyclic amines) is 1. The first kappa shape index (κ1) is 23.7. The van der Waals surface area contributed by atoms with E-state index >= 15 is 0 Å². The highest BCUT2D eigenvalue weighted by Crippen LogP contribution is 2.15. The maximum absolute atomic E-state index is 12.0. The van der Waals surface area contributed by atoms with Crippen LogP contribution in [0.4, 0.5) is 4.79 Å². The first-order valence-electron chi connectivity index (χ1n) is 9.61. The van der Waals surface area contributed by atoms with E-state index in [0.717, 1.165) is 12.8 Å². The summed E-state index contributed by atoms with van der Waals surface area (Å²) in [5.74, 6) is -0.265. The van der Waals surface area contributed by atoms with Gasteiger partial charge in [0.1, 0.15) is 11.2 Å². The zero-order valence-corrected chi connectivity index (χ0v) is 17.6. The molecule has 1 saturated heterocycles. The summed E-state index contributed by atoms with van der Waals surface area (Å²) in [7, 11) is 0. The molecule has 8 nitrogen and oxygen atoms in total. The van der Waals surface area contributed by atoms with E-state index in [0.29, 0.717) is 32.9 Å². The third-order valence-corrected chi connectivity index (χ3v) is 3.60. The highest BCUT2D eigenvalue weighted by molar-refractivity contribution is 5.70. The van der Waals surface area contributed by atoms with Crippen molar-refractivity contribution < 1.29 is 28.6 Å². The molecule has 0 aromatic heterocycles. The number of hydrogen-bond acceptors (Lipinski definition) is 7. The Morgan fingerprint density at radius 1 is 0.926 bits per heavy atom. The Morgan fingerprint density at radius 2 is 1.52 bits per heavy atom. The van der Waals surface area contributed by atoms with Gasteiger partial charge in [-0.15, -0.1) is 0 Å². The van der Waals surface area contributed by atoms with Crippen LogP contribution in [-0.4, -0.2) is 67.1 Å². The van der Waals surface area contributed by atoms with E-state index in [9.17, 15) is 9.59 Å². The maximum atomic E-state index is 12.0. The Bertz CT molecular complexity index is 462. The smallest absolute Gasteiger partial charge is 0.410 e. The number of piperidine rings is 1. The number of esters is 1. The Morgan fingerprint density at radius 3 is 2.07 bits per heavy atom. The molecule has 1 N–H and O–H groups in total. The Balaban J connectivity index is 2.03. The van der Waals surface area contributed by atoms with E-state index in [4.69, 9.17) is 19.0 Å². The number of amides is 1. The van der Waals surface area contributed by atoms with Gasteiger partial charge in [0.15, 0.2) is 0 Å². The number of ether oxygens (including phenoxy) is 3. The van der Waals surface area contributed by atoms with Gasteiger partial charge in [-0.1, -0.05) is 0 Å². The van der Waals surface area contributed by atoms with Crippen LogP contribution in [0, 0.1) is 0 Å². The van der Waals surface area contributed by atoms with Gasteiger partial charge in [-0.05, 0) is 54.4 Å². The van der Waals surface area contributed by atoms with Crippen molar-refractivity contribution in [2.45, 2.75) is 78.0 Å². The SMILES string of the molecule is CC(C)(C)OC(=O)CCOCCONC1CCN(C(=O)OC(C)(C)C)CC1. The van der Waals surface area contributed by atoms with Crippen molar-refractivity contribution >= 4 is 12.1 Å². The second kappa shape index (κ2) is 10.8. The van der Waals surface area contributed by atoms with E-state index in [-0.39, 0.29) is 24.5 Å². The average molecular weight is 389 g/mol. The summed E-state index contributed by atoms with van der Waals surface area (Å²) < 4.78 is 15.9. The Kier molecular flexibility index (Phi) is 9.49. The van der Waals surface area contributed by atoms with Crippen molar-refractivity contribution in [2.75, 3.05) is 32.9 Å². The van der Waals surface area contributed by atoms with Gasteiger partial charge in [-0.25, -0.2) is 4.79 Å². The van der Waals surface area contributed by atoms with Crippen LogP contribution in [0.15, 0.2) is 0 Å². The van der Waals surface area contributed by atoms with Crippen molar-refractivity contribution in [2.24, 2.45) is 0 Å². The number of nitrogens with zero attached hydrogens (tertiary/aromatic N) is 1. The van der Waals surface area contributed by atoms with Crippen molar-refractivity contribution in [3.8, 4) is 0 Å². The standard InChI is InChI=1S/C19H36N2O6/c1-18(2,3)26-16(22)9-12-24-13-14-25-20-15-7-10-21(11-8-15)17(23)27-19(4,5)6/h15,20H,7-14H2,1-6H3. The molecule has 1 aliphatic rings. The monoisotopic (exact) mass is 388 g/mol. The fourth-order valence-electron chi connectivity index (χ4n) is 2.43. The first-order valence-corrected chi connectivity index (χ1v) is 9.61. The third-order valence-electron chi connectivity index (χ3n) is 3.60. The van der Waals surface area contributed by atoms with Gasteiger partial charge in [0, 0.05) is 19.1 Å². The van der Waals surface area contributed by atoms with Crippen molar-refractivity contribution in [3.63, 3.8) is 0 Å². The minimum absolute atomic E-state index is 0.199. The molecule has 0 aliphatic carbocycles. The molecule has 1 fully saturated rings. The summed E-state index contributed by atoms with van der Waals surface area (Å²) in [6.45, 7) is 13.5. The summed E-state index contributed by atoms with van der Waals surface area (Å²) in [4.78, 5) is 30.7. The molecule has 27 heavy (non-hydrogen) atoms. The molecule has 0 atom stereocenters. The fourth-order valence-corrected chi connectivity index (χ4v) is 2.43. The summed E-state index contributed by atoms with van der Waals surface area (Å²) in [5.41, 5.74) is 2.07. The van der Waals surface area contributed by atoms with Crippen LogP contribution >= 0.6 is 0 Å². The van der Waals surface area contributed by atoms with Crippen molar-refractivity contribution in [3.05, 3.63) is 0 Å². The van der Waals surface area contributed by atoms with Gasteiger partial charge >= 0.3 is 12.1 Å². The number of hydroxylamine groups is 1. The lowest BCUT2D eigenvalue weighted by Crippen LogP contribution is -2.46. The molecule has 8 heteroatoms. The molecule has 0 aromatic carbocycles. The Labute approximate surface area is 162 Å². The topological polar surface area (TPSA) is 86.3 Å². The van der Waals surface area contributed by atoms with Crippen LogP contribution < -0.4 is 5.48 Å². The van der Waals surface area contributed by atoms with E-state index in [1.54, 1.807) is 4.90 Å². The summed E-state index contributed by atoms with van der Waals surface area (Å²) in [6.07, 6.45) is 1.57. The van der Waals surface area contributed by atoms with Gasteiger partial charge in [0.05, 0.1) is 26.2 Å². The molecule has 1 amide bonds. The largest absolute Gasteiger partial charge is 0.460 e. The molecule has 0 unspecified atom stereocenters. The fraction of sp³-hybridized carbons (Fsp3) is 0.895. The minimum Gasteiger partial charge on any atom is -0.460 e. The average Bonchev–Trinajstić information content (AvgIpc) is 2.51. The molecule has 0 aromatic rings. The number of rotatable bonds is 8. The predicted molar refractivity (Wildman–Crippen MR) is 101 cm³/mol. The highest BCUT2D eigenvalue weighted by atomic mass is 16.7. The number of nitrogens with one attached hydrogen (secondary N) is 1. The summed E-state index contributed by atoms with van der Waals surface area (Å²) >= 11 is 0. The Hall–Kier alpha value is -1.38. The van der Waals surface area contributed by atoms with Gasteiger partial charge in [0.25, 0.3) is 0 Å². The third kappa shape index (κ3) is 11.8. The van der Waals surface area contributed by atoms with Crippen LogP contribution in [0.2, 0.25) is 0 Å². The molecule has 0 spiro atoms. The van der Waals surface area contributed by atoms with Gasteiger partial charge in [-0.3, -0.25) is 9.63 Å². The molecule has 1 rings (SSSR count). The van der Waals surface area contributed by atoms with E-state index in [1.807, 2.05) is 41.5 Å². The molecule has 158 valence electrons. The van der Waals surface area contributed by atoms with Crippen LogP contribution in [0.5, 0.6) is 0 Å². The molecule has 0 saturated carbocycles. The second-order valence-corrected chi connectivity index (χ2v) is 8.66. The van der Waals surface area contributed by atoms with Crippen LogP contribution in [0.1, 0.15) is 60.8 Å². The number of hydrogen-bond donors (Lipinski definition) is 1. The zero-order valence-electron chi connectivity index (χ0n) is 17.6. The number of carbonyl (C=O) groups is 2. The molecular formula is C19H36N2O6. The maximum Gasteiger partial charge on any atom is 0.410 e. The van der Waals surface area contributed by atoms with Crippen LogP contribution in [0.3, 0.4) is 0 Å². The zero-order chi connectivity index (χ0) is 20.5. The van der Waals surface area contributed by atoms with Gasteiger partial charge in [0.2, 0.25) is 0 Å². The van der Waals surface area contributed by atoms with Crippen molar-refractivity contribution in [1.29, 1.82) is 0 Å². The highest BCUT2D eigenvalue weighted by Gasteiger charge is 2.26. The molecular weight excluding hydrogens is 352 g/mol. The lowest BCUT2D eigenvalue weighted by atomic mass is 10.1. The van der Waals surface area contributed by atoms with Crippen LogP contribution in [-0.2, 0) is 23.8 Å². The van der Waals surface area contributed by atoms with Gasteiger partial charge in [-0.2, -0.15) is 5.48 Å². The molecule has 0 bridgehead atoms. The second-order valence-electron chi connectivity index (χ2n) is 8.66.